The van der Waals surface area contributed by atoms with Gasteiger partial charge in [0, 0.05) is 6.20 Å². The van der Waals surface area contributed by atoms with E-state index in [1.807, 2.05) is 73.8 Å². The lowest BCUT2D eigenvalue weighted by Gasteiger charge is -2.14. The van der Waals surface area contributed by atoms with Crippen LogP contribution in [0.25, 0.3) is 27.8 Å². The number of rotatable bonds is 5. The lowest BCUT2D eigenvalue weighted by Crippen LogP contribution is -2.04. The van der Waals surface area contributed by atoms with E-state index < -0.39 is 5.97 Å². The van der Waals surface area contributed by atoms with E-state index in [4.69, 9.17) is 9.72 Å². The molecule has 5 aromatic rings. The molecule has 0 aliphatic heterocycles. The number of nitrogens with zero attached hydrogens (tertiary/aromatic N) is 3. The molecule has 6 nitrogen and oxygen atoms in total. The monoisotopic (exact) mass is 409 g/mol. The van der Waals surface area contributed by atoms with E-state index in [2.05, 4.69) is 5.10 Å². The van der Waals surface area contributed by atoms with Gasteiger partial charge in [0.25, 0.3) is 0 Å². The molecule has 0 spiro atoms. The van der Waals surface area contributed by atoms with Gasteiger partial charge in [0.1, 0.15) is 18.1 Å². The highest BCUT2D eigenvalue weighted by Gasteiger charge is 2.19. The molecule has 0 bridgehead atoms. The lowest BCUT2D eigenvalue weighted by molar-refractivity contribution is 0.0698. The highest BCUT2D eigenvalue weighted by Crippen LogP contribution is 2.34. The van der Waals surface area contributed by atoms with Gasteiger partial charge in [0.15, 0.2) is 0 Å². The number of fused-ring (bicyclic) bond motifs is 2. The molecule has 0 unspecified atom stereocenters. The van der Waals surface area contributed by atoms with Crippen LogP contribution in [0.5, 0.6) is 5.75 Å². The molecule has 0 fully saturated rings. The Kier molecular flexibility index (Phi) is 4.59. The van der Waals surface area contributed by atoms with E-state index in [1.165, 1.54) is 0 Å². The minimum Gasteiger partial charge on any atom is -0.488 e. The van der Waals surface area contributed by atoms with Gasteiger partial charge in [-0.15, -0.1) is 0 Å². The third kappa shape index (κ3) is 3.48. The summed E-state index contributed by atoms with van der Waals surface area (Å²) in [6.45, 7) is 2.25. The molecule has 0 atom stereocenters. The number of benzene rings is 2. The summed E-state index contributed by atoms with van der Waals surface area (Å²) in [5, 5.41) is 15.0. The summed E-state index contributed by atoms with van der Waals surface area (Å²) >= 11 is 0. The zero-order valence-corrected chi connectivity index (χ0v) is 16.8. The Bertz CT molecular complexity index is 1390. The molecule has 3 aromatic heterocycles. The molecule has 2 aromatic carbocycles. The smallest absolute Gasteiger partial charge is 0.336 e. The number of carbonyl (C=O) groups is 1. The van der Waals surface area contributed by atoms with Crippen LogP contribution >= 0.6 is 0 Å². The molecule has 0 saturated carbocycles. The SMILES string of the molecule is Cc1ccc(OCc2ccccc2)c2c(C(=O)O)cc(-c3cc4ccccn4n3)nc12. The van der Waals surface area contributed by atoms with Gasteiger partial charge < -0.3 is 9.84 Å². The number of hydrogen-bond donors (Lipinski definition) is 1. The quantitative estimate of drug-likeness (QED) is 0.435. The number of hydrogen-bond acceptors (Lipinski definition) is 4. The van der Waals surface area contributed by atoms with Crippen LogP contribution in [0.4, 0.5) is 0 Å². The summed E-state index contributed by atoms with van der Waals surface area (Å²) in [7, 11) is 0. The molecule has 1 N–H and O–H groups in total. The first-order valence-corrected chi connectivity index (χ1v) is 9.89. The van der Waals surface area contributed by atoms with Gasteiger partial charge in [-0.3, -0.25) is 0 Å². The maximum Gasteiger partial charge on any atom is 0.336 e. The largest absolute Gasteiger partial charge is 0.488 e. The number of pyridine rings is 2. The molecule has 0 saturated heterocycles. The fourth-order valence-electron chi connectivity index (χ4n) is 3.66. The van der Waals surface area contributed by atoms with E-state index in [9.17, 15) is 9.90 Å². The van der Waals surface area contributed by atoms with E-state index in [0.717, 1.165) is 16.6 Å². The summed E-state index contributed by atoms with van der Waals surface area (Å²) in [6, 6.07) is 22.7. The van der Waals surface area contributed by atoms with Crippen molar-refractivity contribution in [1.29, 1.82) is 0 Å². The first-order chi connectivity index (χ1) is 15.1. The third-order valence-corrected chi connectivity index (χ3v) is 5.22. The molecule has 31 heavy (non-hydrogen) atoms. The van der Waals surface area contributed by atoms with Crippen LogP contribution in [0.15, 0.2) is 79.0 Å². The summed E-state index contributed by atoms with van der Waals surface area (Å²) in [5.74, 6) is -0.538. The second kappa shape index (κ2) is 7.57. The molecular weight excluding hydrogens is 390 g/mol. The second-order valence-electron chi connectivity index (χ2n) is 7.34. The maximum absolute atomic E-state index is 12.2. The molecule has 0 aliphatic carbocycles. The summed E-state index contributed by atoms with van der Waals surface area (Å²) < 4.78 is 7.77. The topological polar surface area (TPSA) is 76.7 Å². The van der Waals surface area contributed by atoms with Crippen LogP contribution in [-0.2, 0) is 6.61 Å². The Labute approximate surface area is 178 Å². The van der Waals surface area contributed by atoms with E-state index in [1.54, 1.807) is 16.6 Å². The standard InChI is InChI=1S/C25H19N3O3/c1-16-10-11-22(31-15-17-7-3-2-4-8-17)23-19(25(29)30)14-20(26-24(16)23)21-13-18-9-5-6-12-28(18)27-21/h2-14H,15H2,1H3,(H,29,30). The van der Waals surface area contributed by atoms with Gasteiger partial charge in [0.05, 0.1) is 27.7 Å². The second-order valence-corrected chi connectivity index (χ2v) is 7.34. The van der Waals surface area contributed by atoms with Crippen LogP contribution in [0.1, 0.15) is 21.5 Å². The van der Waals surface area contributed by atoms with Crippen molar-refractivity contribution in [2.24, 2.45) is 0 Å². The summed E-state index contributed by atoms with van der Waals surface area (Å²) in [4.78, 5) is 17.0. The van der Waals surface area contributed by atoms with Gasteiger partial charge in [-0.05, 0) is 48.4 Å². The first-order valence-electron chi connectivity index (χ1n) is 9.89. The Hall–Kier alpha value is -4.19. The number of aromatic carboxylic acids is 1. The highest BCUT2D eigenvalue weighted by molar-refractivity contribution is 6.07. The van der Waals surface area contributed by atoms with Gasteiger partial charge in [-0.1, -0.05) is 42.5 Å². The number of carboxylic acid groups (broad SMARTS) is 1. The molecule has 5 rings (SSSR count). The minimum absolute atomic E-state index is 0.142. The van der Waals surface area contributed by atoms with Crippen molar-refractivity contribution in [2.45, 2.75) is 13.5 Å². The van der Waals surface area contributed by atoms with Crippen LogP contribution < -0.4 is 4.74 Å². The normalized spacial score (nSPS) is 11.1. The number of ether oxygens (including phenoxy) is 1. The number of carboxylic acids is 1. The predicted octanol–water partition coefficient (Wildman–Crippen LogP) is 5.14. The fraction of sp³-hybridized carbons (Fsp3) is 0.0800. The maximum atomic E-state index is 12.2. The summed E-state index contributed by atoms with van der Waals surface area (Å²) in [5.41, 5.74) is 4.65. The van der Waals surface area contributed by atoms with Crippen LogP contribution in [-0.4, -0.2) is 25.7 Å². The molecule has 0 radical (unpaired) electrons. The lowest BCUT2D eigenvalue weighted by atomic mass is 10.0. The Morgan fingerprint density at radius 3 is 2.58 bits per heavy atom. The van der Waals surface area contributed by atoms with Crippen molar-refractivity contribution in [3.8, 4) is 17.1 Å². The van der Waals surface area contributed by atoms with Gasteiger partial charge >= 0.3 is 5.97 Å². The van der Waals surface area contributed by atoms with Crippen molar-refractivity contribution in [3.63, 3.8) is 0 Å². The average molecular weight is 409 g/mol. The first kappa shape index (κ1) is 18.8. The van der Waals surface area contributed by atoms with Gasteiger partial charge in [-0.2, -0.15) is 5.10 Å². The van der Waals surface area contributed by atoms with Crippen molar-refractivity contribution in [3.05, 3.63) is 95.7 Å². The van der Waals surface area contributed by atoms with Crippen LogP contribution in [0.2, 0.25) is 0 Å². The highest BCUT2D eigenvalue weighted by atomic mass is 16.5. The van der Waals surface area contributed by atoms with Gasteiger partial charge in [0.2, 0.25) is 0 Å². The molecule has 0 aliphatic rings. The number of aryl methyl sites for hydroxylation is 1. The predicted molar refractivity (Wildman–Crippen MR) is 118 cm³/mol. The van der Waals surface area contributed by atoms with E-state index >= 15 is 0 Å². The van der Waals surface area contributed by atoms with Crippen molar-refractivity contribution >= 4 is 22.4 Å². The van der Waals surface area contributed by atoms with Crippen LogP contribution in [0.3, 0.4) is 0 Å². The molecule has 0 amide bonds. The number of aromatic nitrogens is 3. The summed E-state index contributed by atoms with van der Waals surface area (Å²) in [6.07, 6.45) is 1.85. The Morgan fingerprint density at radius 1 is 1.00 bits per heavy atom. The minimum atomic E-state index is -1.03. The fourth-order valence-corrected chi connectivity index (χ4v) is 3.66. The van der Waals surface area contributed by atoms with Crippen molar-refractivity contribution in [2.75, 3.05) is 0 Å². The molecular formula is C25H19N3O3. The van der Waals surface area contributed by atoms with Gasteiger partial charge in [-0.25, -0.2) is 14.3 Å². The van der Waals surface area contributed by atoms with Crippen molar-refractivity contribution in [1.82, 2.24) is 14.6 Å². The molecule has 3 heterocycles. The average Bonchev–Trinajstić information content (AvgIpc) is 3.23. The zero-order valence-electron chi connectivity index (χ0n) is 16.8. The Balaban J connectivity index is 1.65. The van der Waals surface area contributed by atoms with Crippen LogP contribution in [0, 0.1) is 6.92 Å². The van der Waals surface area contributed by atoms with E-state index in [0.29, 0.717) is 34.6 Å². The zero-order chi connectivity index (χ0) is 21.4. The molecule has 152 valence electrons. The Morgan fingerprint density at radius 2 is 1.81 bits per heavy atom. The third-order valence-electron chi connectivity index (χ3n) is 5.22. The van der Waals surface area contributed by atoms with E-state index in [-0.39, 0.29) is 5.56 Å². The molecule has 6 heteroatoms. The van der Waals surface area contributed by atoms with Crippen molar-refractivity contribution < 1.29 is 14.6 Å².